The lowest BCUT2D eigenvalue weighted by Crippen LogP contribution is -2.52. The Morgan fingerprint density at radius 2 is 1.87 bits per heavy atom. The first-order valence-corrected chi connectivity index (χ1v) is 10.3. The molecule has 2 N–H and O–H groups in total. The molecule has 162 valence electrons. The number of ether oxygens (including phenoxy) is 1. The fourth-order valence-corrected chi connectivity index (χ4v) is 3.43. The third kappa shape index (κ3) is 6.32. The van der Waals surface area contributed by atoms with Gasteiger partial charge in [0.1, 0.15) is 11.6 Å². The Balaban J connectivity index is 1.60. The highest BCUT2D eigenvalue weighted by Gasteiger charge is 2.31. The molecule has 1 aromatic heterocycles. The summed E-state index contributed by atoms with van der Waals surface area (Å²) < 4.78 is 5.37. The molecule has 1 aromatic carbocycles. The van der Waals surface area contributed by atoms with Crippen molar-refractivity contribution >= 4 is 12.0 Å². The van der Waals surface area contributed by atoms with E-state index in [1.54, 1.807) is 20.8 Å². The average molecular weight is 414 g/mol. The van der Waals surface area contributed by atoms with E-state index in [1.807, 2.05) is 47.6 Å². The van der Waals surface area contributed by atoms with Gasteiger partial charge in [0.05, 0.1) is 6.20 Å². The number of carbonyl (C=O) groups excluding carboxylic acids is 2. The maximum Gasteiger partial charge on any atom is 0.408 e. The van der Waals surface area contributed by atoms with Crippen LogP contribution in [0.4, 0.5) is 4.79 Å². The minimum absolute atomic E-state index is 0.110. The van der Waals surface area contributed by atoms with Crippen LogP contribution in [0.5, 0.6) is 0 Å². The molecule has 8 nitrogen and oxygen atoms in total. The number of H-pyrrole nitrogens is 1. The largest absolute Gasteiger partial charge is 0.444 e. The molecule has 0 aliphatic carbocycles. The molecule has 3 rings (SSSR count). The van der Waals surface area contributed by atoms with Gasteiger partial charge in [-0.1, -0.05) is 30.3 Å². The van der Waals surface area contributed by atoms with Crippen LogP contribution in [0.1, 0.15) is 37.9 Å². The molecule has 1 aliphatic rings. The number of aromatic amines is 1. The Morgan fingerprint density at radius 3 is 2.47 bits per heavy atom. The number of nitrogens with one attached hydrogen (secondary N) is 2. The van der Waals surface area contributed by atoms with E-state index >= 15 is 0 Å². The minimum Gasteiger partial charge on any atom is -0.444 e. The highest BCUT2D eigenvalue weighted by molar-refractivity contribution is 5.87. The lowest BCUT2D eigenvalue weighted by Gasteiger charge is -2.36. The van der Waals surface area contributed by atoms with Crippen LogP contribution < -0.4 is 5.32 Å². The van der Waals surface area contributed by atoms with Gasteiger partial charge in [0, 0.05) is 38.9 Å². The average Bonchev–Trinajstić information content (AvgIpc) is 3.23. The molecule has 30 heavy (non-hydrogen) atoms. The summed E-state index contributed by atoms with van der Waals surface area (Å²) in [5, 5.41) is 9.57. The molecular weight excluding hydrogens is 382 g/mol. The molecular formula is C22H31N5O3. The summed E-state index contributed by atoms with van der Waals surface area (Å²) in [6.45, 7) is 9.19. The molecule has 0 bridgehead atoms. The number of hydrogen-bond acceptors (Lipinski definition) is 5. The zero-order valence-electron chi connectivity index (χ0n) is 17.9. The van der Waals surface area contributed by atoms with Crippen molar-refractivity contribution in [3.05, 3.63) is 53.9 Å². The molecule has 1 atom stereocenters. The van der Waals surface area contributed by atoms with Crippen LogP contribution in [0.25, 0.3) is 0 Å². The predicted octanol–water partition coefficient (Wildman–Crippen LogP) is 2.36. The van der Waals surface area contributed by atoms with Crippen molar-refractivity contribution in [2.24, 2.45) is 0 Å². The first-order valence-electron chi connectivity index (χ1n) is 10.3. The number of amides is 2. The van der Waals surface area contributed by atoms with E-state index in [0.717, 1.165) is 31.6 Å². The molecule has 2 amide bonds. The van der Waals surface area contributed by atoms with Gasteiger partial charge in [0.2, 0.25) is 5.91 Å². The number of nitrogens with zero attached hydrogens (tertiary/aromatic N) is 3. The standard InChI is InChI=1S/C22H31N5O3/c1-22(2,3)30-21(29)25-19(18-7-5-4-6-8-18)20(28)27-13-11-26(12-14-27)10-9-17-15-23-24-16-17/h4-8,15-16,19H,9-14H2,1-3H3,(H,23,24)(H,25,29)/t19-/m1/s1. The van der Waals surface area contributed by atoms with Gasteiger partial charge in [-0.3, -0.25) is 14.8 Å². The van der Waals surface area contributed by atoms with E-state index in [2.05, 4.69) is 20.4 Å². The summed E-state index contributed by atoms with van der Waals surface area (Å²) in [4.78, 5) is 29.8. The zero-order valence-corrected chi connectivity index (χ0v) is 17.9. The summed E-state index contributed by atoms with van der Waals surface area (Å²) in [6.07, 6.45) is 4.08. The van der Waals surface area contributed by atoms with Gasteiger partial charge in [-0.05, 0) is 38.3 Å². The summed E-state index contributed by atoms with van der Waals surface area (Å²) >= 11 is 0. The molecule has 1 saturated heterocycles. The Morgan fingerprint density at radius 1 is 1.17 bits per heavy atom. The molecule has 1 fully saturated rings. The quantitative estimate of drug-likeness (QED) is 0.759. The number of piperazine rings is 1. The Kier molecular flexibility index (Phi) is 7.10. The second kappa shape index (κ2) is 9.75. The molecule has 2 aromatic rings. The maximum atomic E-state index is 13.3. The first-order chi connectivity index (χ1) is 14.3. The summed E-state index contributed by atoms with van der Waals surface area (Å²) in [7, 11) is 0. The van der Waals surface area contributed by atoms with Crippen molar-refractivity contribution in [3.63, 3.8) is 0 Å². The van der Waals surface area contributed by atoms with Crippen LogP contribution in [0.15, 0.2) is 42.7 Å². The van der Waals surface area contributed by atoms with Crippen LogP contribution in [-0.2, 0) is 16.0 Å². The molecule has 8 heteroatoms. The predicted molar refractivity (Wildman–Crippen MR) is 114 cm³/mol. The van der Waals surface area contributed by atoms with E-state index in [0.29, 0.717) is 13.1 Å². The second-order valence-corrected chi connectivity index (χ2v) is 8.51. The first kappa shape index (κ1) is 21.8. The van der Waals surface area contributed by atoms with Gasteiger partial charge >= 0.3 is 6.09 Å². The second-order valence-electron chi connectivity index (χ2n) is 8.51. The van der Waals surface area contributed by atoms with E-state index < -0.39 is 17.7 Å². The summed E-state index contributed by atoms with van der Waals surface area (Å²) in [5.41, 5.74) is 1.30. The number of carbonyl (C=O) groups is 2. The monoisotopic (exact) mass is 413 g/mol. The van der Waals surface area contributed by atoms with Crippen molar-refractivity contribution < 1.29 is 14.3 Å². The molecule has 0 radical (unpaired) electrons. The number of hydrogen-bond donors (Lipinski definition) is 2. The van der Waals surface area contributed by atoms with Gasteiger partial charge in [-0.2, -0.15) is 5.10 Å². The lowest BCUT2D eigenvalue weighted by atomic mass is 10.1. The smallest absolute Gasteiger partial charge is 0.408 e. The zero-order chi connectivity index (χ0) is 21.6. The minimum atomic E-state index is -0.765. The van der Waals surface area contributed by atoms with Gasteiger partial charge in [-0.15, -0.1) is 0 Å². The third-order valence-corrected chi connectivity index (χ3v) is 5.00. The molecule has 1 aliphatic heterocycles. The van der Waals surface area contributed by atoms with Gasteiger partial charge in [-0.25, -0.2) is 4.79 Å². The molecule has 2 heterocycles. The van der Waals surface area contributed by atoms with Crippen molar-refractivity contribution in [2.75, 3.05) is 32.7 Å². The van der Waals surface area contributed by atoms with Crippen LogP contribution in [0.3, 0.4) is 0 Å². The van der Waals surface area contributed by atoms with Crippen molar-refractivity contribution in [2.45, 2.75) is 38.8 Å². The van der Waals surface area contributed by atoms with E-state index in [1.165, 1.54) is 5.56 Å². The molecule has 0 unspecified atom stereocenters. The summed E-state index contributed by atoms with van der Waals surface area (Å²) in [6, 6.07) is 8.54. The third-order valence-electron chi connectivity index (χ3n) is 5.00. The van der Waals surface area contributed by atoms with Crippen molar-refractivity contribution in [1.29, 1.82) is 0 Å². The Bertz CT molecular complexity index is 809. The number of alkyl carbamates (subject to hydrolysis) is 1. The van der Waals surface area contributed by atoms with Crippen molar-refractivity contribution in [1.82, 2.24) is 25.3 Å². The van der Waals surface area contributed by atoms with Crippen LogP contribution in [0.2, 0.25) is 0 Å². The van der Waals surface area contributed by atoms with Gasteiger partial charge in [0.15, 0.2) is 0 Å². The molecule has 0 saturated carbocycles. The fourth-order valence-electron chi connectivity index (χ4n) is 3.43. The van der Waals surface area contributed by atoms with Crippen LogP contribution in [0, 0.1) is 0 Å². The Labute approximate surface area is 177 Å². The number of aromatic nitrogens is 2. The van der Waals surface area contributed by atoms with Crippen LogP contribution in [-0.4, -0.2) is 70.3 Å². The SMILES string of the molecule is CC(C)(C)OC(=O)N[C@@H](C(=O)N1CCN(CCc2cn[nH]c2)CC1)c1ccccc1. The summed E-state index contributed by atoms with van der Waals surface area (Å²) in [5.74, 6) is -0.110. The van der Waals surface area contributed by atoms with E-state index in [-0.39, 0.29) is 5.91 Å². The van der Waals surface area contributed by atoms with Crippen LogP contribution >= 0.6 is 0 Å². The Hall–Kier alpha value is -2.87. The topological polar surface area (TPSA) is 90.6 Å². The fraction of sp³-hybridized carbons (Fsp3) is 0.500. The number of rotatable bonds is 6. The highest BCUT2D eigenvalue weighted by atomic mass is 16.6. The highest BCUT2D eigenvalue weighted by Crippen LogP contribution is 2.19. The van der Waals surface area contributed by atoms with Gasteiger partial charge in [0.25, 0.3) is 0 Å². The normalized spacial score (nSPS) is 16.2. The maximum absolute atomic E-state index is 13.3. The van der Waals surface area contributed by atoms with E-state index in [4.69, 9.17) is 4.74 Å². The molecule has 0 spiro atoms. The lowest BCUT2D eigenvalue weighted by molar-refractivity contribution is -0.135. The number of benzene rings is 1. The van der Waals surface area contributed by atoms with E-state index in [9.17, 15) is 9.59 Å². The van der Waals surface area contributed by atoms with Crippen molar-refractivity contribution in [3.8, 4) is 0 Å². The van der Waals surface area contributed by atoms with Gasteiger partial charge < -0.3 is 15.0 Å².